The number of aliphatic hydroxyl groups excluding tert-OH is 1. The Balaban J connectivity index is 2.64. The molecule has 0 bridgehead atoms. The van der Waals surface area contributed by atoms with Crippen molar-refractivity contribution in [1.29, 1.82) is 0 Å². The van der Waals surface area contributed by atoms with Gasteiger partial charge < -0.3 is 14.6 Å². The zero-order chi connectivity index (χ0) is 12.6. The highest BCUT2D eigenvalue weighted by molar-refractivity contribution is 6.29. The Morgan fingerprint density at radius 2 is 2.35 bits per heavy atom. The van der Waals surface area contributed by atoms with Crippen molar-refractivity contribution in [3.63, 3.8) is 0 Å². The maximum atomic E-state index is 11.5. The number of nitrogens with zero attached hydrogens (tertiary/aromatic N) is 1. The molecule has 1 N–H and O–H groups in total. The number of halogens is 1. The van der Waals surface area contributed by atoms with Crippen molar-refractivity contribution in [1.82, 2.24) is 4.98 Å². The molecule has 2 atom stereocenters. The number of fused-ring (bicyclic) bond motifs is 1. The van der Waals surface area contributed by atoms with E-state index in [2.05, 4.69) is 4.98 Å². The zero-order valence-electron chi connectivity index (χ0n) is 9.44. The summed E-state index contributed by atoms with van der Waals surface area (Å²) in [6, 6.07) is 1.47. The molecule has 5 nitrogen and oxygen atoms in total. The number of pyridine rings is 1. The highest BCUT2D eigenvalue weighted by Crippen LogP contribution is 2.40. The molecule has 0 spiro atoms. The Labute approximate surface area is 103 Å². The Hall–Kier alpha value is -1.33. The van der Waals surface area contributed by atoms with E-state index in [1.165, 1.54) is 13.2 Å². The van der Waals surface area contributed by atoms with Crippen molar-refractivity contribution in [3.05, 3.63) is 22.3 Å². The van der Waals surface area contributed by atoms with Crippen LogP contribution in [-0.2, 0) is 9.53 Å². The molecule has 0 saturated carbocycles. The van der Waals surface area contributed by atoms with Crippen molar-refractivity contribution >= 4 is 17.6 Å². The lowest BCUT2D eigenvalue weighted by atomic mass is 9.95. The predicted molar refractivity (Wildman–Crippen MR) is 59.9 cm³/mol. The van der Waals surface area contributed by atoms with Gasteiger partial charge in [-0.1, -0.05) is 18.5 Å². The lowest BCUT2D eigenvalue weighted by molar-refractivity contribution is -0.163. The van der Waals surface area contributed by atoms with Gasteiger partial charge in [-0.15, -0.1) is 0 Å². The number of esters is 1. The number of methoxy groups -OCH3 is 1. The van der Waals surface area contributed by atoms with Gasteiger partial charge in [-0.2, -0.15) is 0 Å². The molecule has 6 heteroatoms. The Morgan fingerprint density at radius 3 is 2.94 bits per heavy atom. The molecule has 0 fully saturated rings. The summed E-state index contributed by atoms with van der Waals surface area (Å²) < 4.78 is 10.2. The minimum Gasteiger partial charge on any atom is -0.481 e. The molecule has 0 saturated heterocycles. The average molecular weight is 258 g/mol. The minimum atomic E-state index is -1.33. The molecular weight excluding hydrogens is 246 g/mol. The second-order valence-electron chi connectivity index (χ2n) is 3.69. The highest BCUT2D eigenvalue weighted by Gasteiger charge is 2.36. The smallest absolute Gasteiger partial charge is 0.340 e. The molecule has 2 rings (SSSR count). The van der Waals surface area contributed by atoms with E-state index < -0.39 is 18.2 Å². The predicted octanol–water partition coefficient (Wildman–Crippen LogP) is 1.78. The third kappa shape index (κ3) is 1.96. The number of hydrogen-bond donors (Lipinski definition) is 1. The lowest BCUT2D eigenvalue weighted by Crippen LogP contribution is -2.27. The van der Waals surface area contributed by atoms with Crippen LogP contribution in [0.2, 0.25) is 5.15 Å². The fraction of sp³-hybridized carbons (Fsp3) is 0.455. The second-order valence-corrected chi connectivity index (χ2v) is 4.08. The zero-order valence-corrected chi connectivity index (χ0v) is 10.2. The van der Waals surface area contributed by atoms with Gasteiger partial charge in [-0.05, 0) is 12.5 Å². The molecule has 92 valence electrons. The van der Waals surface area contributed by atoms with Gasteiger partial charge in [0, 0.05) is 5.56 Å². The summed E-state index contributed by atoms with van der Waals surface area (Å²) in [5.41, 5.74) is 0.997. The Bertz CT molecular complexity index is 463. The van der Waals surface area contributed by atoms with Crippen LogP contribution in [0.3, 0.4) is 0 Å². The van der Waals surface area contributed by atoms with E-state index >= 15 is 0 Å². The van der Waals surface area contributed by atoms with Crippen LogP contribution in [0.15, 0.2) is 6.07 Å². The summed E-state index contributed by atoms with van der Waals surface area (Å²) in [5.74, 6) is -0.389. The quantitative estimate of drug-likeness (QED) is 0.646. The van der Waals surface area contributed by atoms with E-state index in [4.69, 9.17) is 21.1 Å². The Kier molecular flexibility index (Phi) is 3.22. The number of ether oxygens (including phenoxy) is 2. The molecule has 0 aliphatic carbocycles. The molecule has 0 aromatic carbocycles. The average Bonchev–Trinajstić information content (AvgIpc) is 2.32. The van der Waals surface area contributed by atoms with E-state index in [0.717, 1.165) is 0 Å². The van der Waals surface area contributed by atoms with Crippen LogP contribution in [0, 0.1) is 0 Å². The van der Waals surface area contributed by atoms with Crippen LogP contribution < -0.4 is 4.74 Å². The third-order valence-corrected chi connectivity index (χ3v) is 2.88. The van der Waals surface area contributed by atoms with Crippen molar-refractivity contribution in [3.8, 4) is 5.88 Å². The van der Waals surface area contributed by atoms with Gasteiger partial charge in [0.1, 0.15) is 11.3 Å². The number of aromatic nitrogens is 1. The van der Waals surface area contributed by atoms with Crippen molar-refractivity contribution in [2.75, 3.05) is 7.11 Å². The van der Waals surface area contributed by atoms with Gasteiger partial charge in [0.05, 0.1) is 12.7 Å². The van der Waals surface area contributed by atoms with E-state index in [-0.39, 0.29) is 11.0 Å². The summed E-state index contributed by atoms with van der Waals surface area (Å²) in [6.07, 6.45) is -1.21. The monoisotopic (exact) mass is 257 g/mol. The van der Waals surface area contributed by atoms with Gasteiger partial charge in [0.25, 0.3) is 0 Å². The number of hydrogen-bond acceptors (Lipinski definition) is 5. The maximum Gasteiger partial charge on any atom is 0.340 e. The van der Waals surface area contributed by atoms with Crippen LogP contribution in [0.25, 0.3) is 0 Å². The Morgan fingerprint density at radius 1 is 1.65 bits per heavy atom. The van der Waals surface area contributed by atoms with Crippen LogP contribution in [-0.4, -0.2) is 23.2 Å². The maximum absolute atomic E-state index is 11.5. The SMILES string of the molecule is CCC1OC(=O)C(O)c2cc(Cl)nc(OC)c21. The molecule has 1 aromatic rings. The third-order valence-electron chi connectivity index (χ3n) is 2.69. The molecule has 1 aromatic heterocycles. The number of carbonyl (C=O) groups is 1. The number of cyclic esters (lactones) is 1. The minimum absolute atomic E-state index is 0.171. The summed E-state index contributed by atoms with van der Waals surface area (Å²) >= 11 is 5.81. The first-order chi connectivity index (χ1) is 8.08. The van der Waals surface area contributed by atoms with E-state index in [0.29, 0.717) is 17.5 Å². The molecule has 0 amide bonds. The summed E-state index contributed by atoms with van der Waals surface area (Å²) in [4.78, 5) is 15.5. The van der Waals surface area contributed by atoms with E-state index in [1.54, 1.807) is 0 Å². The van der Waals surface area contributed by atoms with Crippen LogP contribution in [0.4, 0.5) is 0 Å². The second kappa shape index (κ2) is 4.50. The highest BCUT2D eigenvalue weighted by atomic mass is 35.5. The van der Waals surface area contributed by atoms with Gasteiger partial charge in [0.15, 0.2) is 6.10 Å². The van der Waals surface area contributed by atoms with Crippen molar-refractivity contribution in [2.24, 2.45) is 0 Å². The van der Waals surface area contributed by atoms with Crippen LogP contribution >= 0.6 is 11.6 Å². The van der Waals surface area contributed by atoms with Gasteiger partial charge in [0.2, 0.25) is 5.88 Å². The standard InChI is InChI=1S/C11H12ClNO4/c1-3-6-8-5(9(14)11(15)17-6)4-7(12)13-10(8)16-2/h4,6,9,14H,3H2,1-2H3. The van der Waals surface area contributed by atoms with Gasteiger partial charge >= 0.3 is 5.97 Å². The first-order valence-electron chi connectivity index (χ1n) is 5.21. The largest absolute Gasteiger partial charge is 0.481 e. The number of aliphatic hydroxyl groups is 1. The first kappa shape index (κ1) is 12.1. The van der Waals surface area contributed by atoms with Crippen LogP contribution in [0.1, 0.15) is 36.7 Å². The van der Waals surface area contributed by atoms with Crippen LogP contribution in [0.5, 0.6) is 5.88 Å². The summed E-state index contributed by atoms with van der Waals surface area (Å²) in [6.45, 7) is 1.87. The lowest BCUT2D eigenvalue weighted by Gasteiger charge is -2.28. The van der Waals surface area contributed by atoms with Gasteiger partial charge in [-0.25, -0.2) is 9.78 Å². The van der Waals surface area contributed by atoms with E-state index in [1.807, 2.05) is 6.92 Å². The van der Waals surface area contributed by atoms with Crippen molar-refractivity contribution < 1.29 is 19.4 Å². The molecule has 2 unspecified atom stereocenters. The topological polar surface area (TPSA) is 68.7 Å². The van der Waals surface area contributed by atoms with Crippen molar-refractivity contribution in [2.45, 2.75) is 25.6 Å². The first-order valence-corrected chi connectivity index (χ1v) is 5.59. The van der Waals surface area contributed by atoms with Gasteiger partial charge in [-0.3, -0.25) is 0 Å². The fourth-order valence-corrected chi connectivity index (χ4v) is 2.10. The molecule has 2 heterocycles. The summed E-state index contributed by atoms with van der Waals surface area (Å²) in [5, 5.41) is 9.94. The summed E-state index contributed by atoms with van der Waals surface area (Å²) in [7, 11) is 1.45. The number of carbonyl (C=O) groups excluding carboxylic acids is 1. The molecular formula is C11H12ClNO4. The molecule has 0 radical (unpaired) electrons. The molecule has 1 aliphatic rings. The van der Waals surface area contributed by atoms with E-state index in [9.17, 15) is 9.90 Å². The molecule has 17 heavy (non-hydrogen) atoms. The fourth-order valence-electron chi connectivity index (χ4n) is 1.90. The normalized spacial score (nSPS) is 22.9. The molecule has 1 aliphatic heterocycles. The number of rotatable bonds is 2.